The number of nitrogens with zero attached hydrogens (tertiary/aromatic N) is 2. The quantitative estimate of drug-likeness (QED) is 0.331. The summed E-state index contributed by atoms with van der Waals surface area (Å²) in [4.78, 5) is 16.9. The predicted molar refractivity (Wildman–Crippen MR) is 98.7 cm³/mol. The van der Waals surface area contributed by atoms with E-state index in [0.29, 0.717) is 0 Å². The van der Waals surface area contributed by atoms with E-state index in [1.54, 1.807) is 0 Å². The largest absolute Gasteiger partial charge is 0.304 e. The zero-order valence-corrected chi connectivity index (χ0v) is 15.2. The van der Waals surface area contributed by atoms with Gasteiger partial charge in [-0.3, -0.25) is 15.1 Å². The number of carbonyl (C=O) groups excluding carboxylic acids is 1. The van der Waals surface area contributed by atoms with Gasteiger partial charge in [-0.1, -0.05) is 38.3 Å². The standard InChI is InChI=1S/C19H32N4O/c1-3-4-5-6-7-17-14-16(8-9-18(17)19(24)21-20)15-23-12-10-22(2)11-13-23/h8-9,14H,3-7,10-13,15,20H2,1-2H3,(H,21,24). The molecule has 1 amide bonds. The summed E-state index contributed by atoms with van der Waals surface area (Å²) in [6, 6.07) is 6.20. The molecule has 0 aromatic heterocycles. The molecular formula is C19H32N4O. The van der Waals surface area contributed by atoms with Crippen LogP contribution in [0.3, 0.4) is 0 Å². The lowest BCUT2D eigenvalue weighted by Crippen LogP contribution is -2.43. The summed E-state index contributed by atoms with van der Waals surface area (Å²) in [7, 11) is 2.17. The van der Waals surface area contributed by atoms with E-state index in [1.807, 2.05) is 6.07 Å². The Labute approximate surface area is 146 Å². The maximum atomic E-state index is 12.0. The zero-order valence-electron chi connectivity index (χ0n) is 15.2. The van der Waals surface area contributed by atoms with Gasteiger partial charge in [-0.25, -0.2) is 5.84 Å². The van der Waals surface area contributed by atoms with E-state index in [2.05, 4.69) is 41.3 Å². The molecule has 1 aromatic rings. The van der Waals surface area contributed by atoms with E-state index in [-0.39, 0.29) is 5.91 Å². The predicted octanol–water partition coefficient (Wildman–Crippen LogP) is 2.16. The molecule has 1 saturated heterocycles. The molecule has 0 unspecified atom stereocenters. The second kappa shape index (κ2) is 9.77. The normalized spacial score (nSPS) is 16.3. The van der Waals surface area contributed by atoms with Crippen molar-refractivity contribution < 1.29 is 4.79 Å². The molecule has 0 bridgehead atoms. The van der Waals surface area contributed by atoms with Gasteiger partial charge in [0.05, 0.1) is 0 Å². The van der Waals surface area contributed by atoms with Crippen LogP contribution in [0.1, 0.15) is 54.1 Å². The summed E-state index contributed by atoms with van der Waals surface area (Å²) in [6.07, 6.45) is 5.75. The summed E-state index contributed by atoms with van der Waals surface area (Å²) in [6.45, 7) is 7.63. The van der Waals surface area contributed by atoms with Crippen LogP contribution in [0.2, 0.25) is 0 Å². The number of aryl methyl sites for hydroxylation is 1. The van der Waals surface area contributed by atoms with Crippen molar-refractivity contribution in [3.63, 3.8) is 0 Å². The van der Waals surface area contributed by atoms with Crippen molar-refractivity contribution in [2.24, 2.45) is 5.84 Å². The van der Waals surface area contributed by atoms with E-state index >= 15 is 0 Å². The van der Waals surface area contributed by atoms with Gasteiger partial charge in [0.25, 0.3) is 5.91 Å². The Hall–Kier alpha value is -1.43. The minimum absolute atomic E-state index is 0.188. The molecule has 1 aliphatic heterocycles. The first kappa shape index (κ1) is 18.9. The SMILES string of the molecule is CCCCCCc1cc(CN2CCN(C)CC2)ccc1C(=O)NN. The van der Waals surface area contributed by atoms with Gasteiger partial charge in [0.15, 0.2) is 0 Å². The topological polar surface area (TPSA) is 61.6 Å². The molecule has 1 heterocycles. The molecule has 0 spiro atoms. The highest BCUT2D eigenvalue weighted by Gasteiger charge is 2.16. The smallest absolute Gasteiger partial charge is 0.265 e. The van der Waals surface area contributed by atoms with E-state index in [0.717, 1.165) is 56.7 Å². The summed E-state index contributed by atoms with van der Waals surface area (Å²) < 4.78 is 0. The highest BCUT2D eigenvalue weighted by molar-refractivity contribution is 5.95. The van der Waals surface area contributed by atoms with Gasteiger partial charge < -0.3 is 4.90 Å². The second-order valence-corrected chi connectivity index (χ2v) is 6.86. The number of hydrogen-bond donors (Lipinski definition) is 2. The third-order valence-electron chi connectivity index (χ3n) is 4.85. The van der Waals surface area contributed by atoms with Crippen molar-refractivity contribution in [2.45, 2.75) is 45.6 Å². The minimum Gasteiger partial charge on any atom is -0.304 e. The monoisotopic (exact) mass is 332 g/mol. The molecule has 1 aromatic carbocycles. The number of likely N-dealkylation sites (N-methyl/N-ethyl adjacent to an activating group) is 1. The molecule has 1 fully saturated rings. The molecule has 0 radical (unpaired) electrons. The van der Waals surface area contributed by atoms with Crippen LogP contribution >= 0.6 is 0 Å². The van der Waals surface area contributed by atoms with Crippen molar-refractivity contribution >= 4 is 5.91 Å². The number of nitrogen functional groups attached to an aromatic ring is 1. The van der Waals surface area contributed by atoms with E-state index in [1.165, 1.54) is 24.8 Å². The van der Waals surface area contributed by atoms with Crippen molar-refractivity contribution in [3.05, 3.63) is 34.9 Å². The Morgan fingerprint density at radius 2 is 1.92 bits per heavy atom. The number of carbonyl (C=O) groups is 1. The molecule has 3 N–H and O–H groups in total. The minimum atomic E-state index is -0.188. The summed E-state index contributed by atoms with van der Waals surface area (Å²) in [5.74, 6) is 5.15. The van der Waals surface area contributed by atoms with Crippen LogP contribution in [-0.4, -0.2) is 48.9 Å². The first-order chi connectivity index (χ1) is 11.6. The summed E-state index contributed by atoms with van der Waals surface area (Å²) in [5, 5.41) is 0. The number of nitrogens with two attached hydrogens (primary N) is 1. The second-order valence-electron chi connectivity index (χ2n) is 6.86. The first-order valence-electron chi connectivity index (χ1n) is 9.17. The summed E-state index contributed by atoms with van der Waals surface area (Å²) >= 11 is 0. The van der Waals surface area contributed by atoms with Crippen LogP contribution in [0.25, 0.3) is 0 Å². The number of benzene rings is 1. The third-order valence-corrected chi connectivity index (χ3v) is 4.85. The number of unbranched alkanes of at least 4 members (excludes halogenated alkanes) is 3. The fraction of sp³-hybridized carbons (Fsp3) is 0.632. The van der Waals surface area contributed by atoms with Crippen molar-refractivity contribution in [1.82, 2.24) is 15.2 Å². The van der Waals surface area contributed by atoms with Crippen molar-refractivity contribution in [2.75, 3.05) is 33.2 Å². The highest BCUT2D eigenvalue weighted by atomic mass is 16.2. The molecule has 1 aliphatic rings. The van der Waals surface area contributed by atoms with Crippen LogP contribution in [-0.2, 0) is 13.0 Å². The molecule has 134 valence electrons. The van der Waals surface area contributed by atoms with Crippen LogP contribution < -0.4 is 11.3 Å². The Kier molecular flexibility index (Phi) is 7.69. The molecule has 0 saturated carbocycles. The summed E-state index contributed by atoms with van der Waals surface area (Å²) in [5.41, 5.74) is 5.41. The molecule has 2 rings (SSSR count). The van der Waals surface area contributed by atoms with Gasteiger partial charge >= 0.3 is 0 Å². The van der Waals surface area contributed by atoms with Gasteiger partial charge in [-0.05, 0) is 37.1 Å². The van der Waals surface area contributed by atoms with E-state index in [4.69, 9.17) is 5.84 Å². The Bertz CT molecular complexity index is 524. The fourth-order valence-electron chi connectivity index (χ4n) is 3.26. The lowest BCUT2D eigenvalue weighted by atomic mass is 9.97. The number of rotatable bonds is 8. The van der Waals surface area contributed by atoms with Crippen molar-refractivity contribution in [3.8, 4) is 0 Å². The molecule has 5 nitrogen and oxygen atoms in total. The zero-order chi connectivity index (χ0) is 17.4. The average molecular weight is 332 g/mol. The maximum absolute atomic E-state index is 12.0. The van der Waals surface area contributed by atoms with Crippen LogP contribution in [0.5, 0.6) is 0 Å². The van der Waals surface area contributed by atoms with Gasteiger partial charge in [-0.15, -0.1) is 0 Å². The average Bonchev–Trinajstić information content (AvgIpc) is 2.60. The lowest BCUT2D eigenvalue weighted by Gasteiger charge is -2.32. The lowest BCUT2D eigenvalue weighted by molar-refractivity contribution is 0.0952. The highest BCUT2D eigenvalue weighted by Crippen LogP contribution is 2.18. The van der Waals surface area contributed by atoms with Crippen LogP contribution in [0, 0.1) is 0 Å². The number of amides is 1. The van der Waals surface area contributed by atoms with Gasteiger partial charge in [0.1, 0.15) is 0 Å². The number of piperazine rings is 1. The first-order valence-corrected chi connectivity index (χ1v) is 9.17. The molecule has 0 atom stereocenters. The van der Waals surface area contributed by atoms with Crippen molar-refractivity contribution in [1.29, 1.82) is 0 Å². The Morgan fingerprint density at radius 3 is 2.58 bits per heavy atom. The van der Waals surface area contributed by atoms with Crippen LogP contribution in [0.15, 0.2) is 18.2 Å². The third kappa shape index (κ3) is 5.58. The van der Waals surface area contributed by atoms with E-state index in [9.17, 15) is 4.79 Å². The Morgan fingerprint density at radius 1 is 1.17 bits per heavy atom. The molecule has 5 heteroatoms. The van der Waals surface area contributed by atoms with Crippen LogP contribution in [0.4, 0.5) is 0 Å². The van der Waals surface area contributed by atoms with E-state index < -0.39 is 0 Å². The van der Waals surface area contributed by atoms with Gasteiger partial charge in [0, 0.05) is 38.3 Å². The maximum Gasteiger partial charge on any atom is 0.265 e. The van der Waals surface area contributed by atoms with Gasteiger partial charge in [0.2, 0.25) is 0 Å². The molecule has 0 aliphatic carbocycles. The number of hydrogen-bond acceptors (Lipinski definition) is 4. The number of nitrogens with one attached hydrogen (secondary N) is 1. The molecule has 24 heavy (non-hydrogen) atoms. The molecular weight excluding hydrogens is 300 g/mol. The number of hydrazine groups is 1. The van der Waals surface area contributed by atoms with Gasteiger partial charge in [-0.2, -0.15) is 0 Å². The Balaban J connectivity index is 2.04. The fourth-order valence-corrected chi connectivity index (χ4v) is 3.26.